The fraction of sp³-hybridized carbons (Fsp3) is 0.276. The first-order valence-corrected chi connectivity index (χ1v) is 11.2. The molecule has 5 rings (SSSR count). The van der Waals surface area contributed by atoms with Gasteiger partial charge in [-0.15, -0.1) is 0 Å². The minimum Gasteiger partial charge on any atom is -0.460 e. The second-order valence-corrected chi connectivity index (χ2v) is 10.0. The zero-order valence-corrected chi connectivity index (χ0v) is 19.0. The molecule has 0 unspecified atom stereocenters. The molecular formula is C29H29NO. The molecule has 0 radical (unpaired) electrons. The van der Waals surface area contributed by atoms with Crippen molar-refractivity contribution in [1.29, 1.82) is 0 Å². The number of para-hydroxylation sites is 1. The number of benzene rings is 3. The van der Waals surface area contributed by atoms with E-state index in [1.807, 2.05) is 6.07 Å². The Balaban J connectivity index is 1.85. The Morgan fingerprint density at radius 2 is 1.55 bits per heavy atom. The van der Waals surface area contributed by atoms with Gasteiger partial charge in [-0.3, -0.25) is 0 Å². The van der Waals surface area contributed by atoms with Gasteiger partial charge in [0.2, 0.25) is 0 Å². The van der Waals surface area contributed by atoms with Gasteiger partial charge in [-0.2, -0.15) is 0 Å². The maximum absolute atomic E-state index is 6.40. The van der Waals surface area contributed by atoms with E-state index in [1.54, 1.807) is 0 Å². The minimum absolute atomic E-state index is 0.0325. The van der Waals surface area contributed by atoms with Crippen molar-refractivity contribution in [3.8, 4) is 11.3 Å². The number of hydrogen-bond donors (Lipinski definition) is 0. The highest BCUT2D eigenvalue weighted by atomic mass is 16.3. The fourth-order valence-corrected chi connectivity index (χ4v) is 4.55. The van der Waals surface area contributed by atoms with Crippen LogP contribution in [0.25, 0.3) is 43.9 Å². The van der Waals surface area contributed by atoms with Crippen LogP contribution in [-0.4, -0.2) is 4.98 Å². The SMILES string of the molecule is CC(C)Cc1cc2c(-c3cc(C(C)(C)C)c4ccccc4c3)nc3ccccc3c2o1. The normalized spacial score (nSPS) is 12.5. The van der Waals surface area contributed by atoms with Crippen molar-refractivity contribution < 1.29 is 4.42 Å². The smallest absolute Gasteiger partial charge is 0.145 e. The van der Waals surface area contributed by atoms with Crippen LogP contribution in [-0.2, 0) is 11.8 Å². The summed E-state index contributed by atoms with van der Waals surface area (Å²) in [5.41, 5.74) is 5.45. The summed E-state index contributed by atoms with van der Waals surface area (Å²) in [5, 5.41) is 4.74. The molecule has 0 aliphatic rings. The number of pyridine rings is 1. The second-order valence-electron chi connectivity index (χ2n) is 10.0. The summed E-state index contributed by atoms with van der Waals surface area (Å²) in [6.07, 6.45) is 0.924. The number of aromatic nitrogens is 1. The van der Waals surface area contributed by atoms with Gasteiger partial charge < -0.3 is 4.42 Å². The molecule has 0 aliphatic carbocycles. The topological polar surface area (TPSA) is 26.0 Å². The quantitative estimate of drug-likeness (QED) is 0.301. The maximum Gasteiger partial charge on any atom is 0.145 e. The number of nitrogens with zero attached hydrogens (tertiary/aromatic N) is 1. The fourth-order valence-electron chi connectivity index (χ4n) is 4.55. The van der Waals surface area contributed by atoms with E-state index in [0.717, 1.165) is 45.3 Å². The van der Waals surface area contributed by atoms with Crippen molar-refractivity contribution in [2.45, 2.75) is 46.5 Å². The number of rotatable bonds is 3. The Bertz CT molecular complexity index is 1420. The third-order valence-electron chi connectivity index (χ3n) is 5.97. The molecule has 2 nitrogen and oxygen atoms in total. The lowest BCUT2D eigenvalue weighted by Crippen LogP contribution is -2.12. The number of hydrogen-bond acceptors (Lipinski definition) is 2. The van der Waals surface area contributed by atoms with Crippen molar-refractivity contribution in [3.05, 3.63) is 78.1 Å². The van der Waals surface area contributed by atoms with E-state index in [2.05, 4.69) is 95.3 Å². The molecular weight excluding hydrogens is 378 g/mol. The average molecular weight is 408 g/mol. The van der Waals surface area contributed by atoms with Crippen molar-refractivity contribution in [3.63, 3.8) is 0 Å². The average Bonchev–Trinajstić information content (AvgIpc) is 3.14. The van der Waals surface area contributed by atoms with Gasteiger partial charge in [-0.1, -0.05) is 71.0 Å². The van der Waals surface area contributed by atoms with Crippen LogP contribution in [0, 0.1) is 5.92 Å². The van der Waals surface area contributed by atoms with Crippen LogP contribution < -0.4 is 0 Å². The van der Waals surface area contributed by atoms with Gasteiger partial charge in [0.25, 0.3) is 0 Å². The third kappa shape index (κ3) is 3.50. The monoisotopic (exact) mass is 407 g/mol. The van der Waals surface area contributed by atoms with Crippen molar-refractivity contribution in [2.75, 3.05) is 0 Å². The molecule has 2 heteroatoms. The molecule has 0 N–H and O–H groups in total. The molecule has 2 heterocycles. The highest BCUT2D eigenvalue weighted by Crippen LogP contribution is 2.39. The Kier molecular flexibility index (Phi) is 4.62. The van der Waals surface area contributed by atoms with E-state index in [-0.39, 0.29) is 5.41 Å². The summed E-state index contributed by atoms with van der Waals surface area (Å²) >= 11 is 0. The minimum atomic E-state index is 0.0325. The predicted molar refractivity (Wildman–Crippen MR) is 132 cm³/mol. The zero-order valence-electron chi connectivity index (χ0n) is 19.0. The Labute approximate surface area is 183 Å². The Hall–Kier alpha value is -3.13. The van der Waals surface area contributed by atoms with E-state index < -0.39 is 0 Å². The zero-order chi connectivity index (χ0) is 21.8. The molecule has 0 fully saturated rings. The number of fused-ring (bicyclic) bond motifs is 4. The molecule has 31 heavy (non-hydrogen) atoms. The molecule has 156 valence electrons. The summed E-state index contributed by atoms with van der Waals surface area (Å²) in [6.45, 7) is 11.3. The van der Waals surface area contributed by atoms with Gasteiger partial charge >= 0.3 is 0 Å². The lowest BCUT2D eigenvalue weighted by atomic mass is 9.82. The molecule has 0 bridgehead atoms. The first-order chi connectivity index (χ1) is 14.8. The molecule has 0 saturated heterocycles. The largest absolute Gasteiger partial charge is 0.460 e. The first kappa shape index (κ1) is 19.8. The Morgan fingerprint density at radius 1 is 0.839 bits per heavy atom. The van der Waals surface area contributed by atoms with Gasteiger partial charge in [0, 0.05) is 22.8 Å². The highest BCUT2D eigenvalue weighted by Gasteiger charge is 2.21. The van der Waals surface area contributed by atoms with Crippen LogP contribution in [0.15, 0.2) is 71.1 Å². The highest BCUT2D eigenvalue weighted by molar-refractivity contribution is 6.09. The summed E-state index contributed by atoms with van der Waals surface area (Å²) in [7, 11) is 0. The molecule has 2 aromatic heterocycles. The van der Waals surface area contributed by atoms with E-state index in [1.165, 1.54) is 16.3 Å². The maximum atomic E-state index is 6.40. The molecule has 0 saturated carbocycles. The summed E-state index contributed by atoms with van der Waals surface area (Å²) in [4.78, 5) is 5.14. The van der Waals surface area contributed by atoms with E-state index in [0.29, 0.717) is 5.92 Å². The van der Waals surface area contributed by atoms with Gasteiger partial charge in [0.1, 0.15) is 11.3 Å². The predicted octanol–water partition coefficient (Wildman–Crippen LogP) is 8.30. The number of furan rings is 1. The van der Waals surface area contributed by atoms with Crippen molar-refractivity contribution >= 4 is 32.6 Å². The van der Waals surface area contributed by atoms with Gasteiger partial charge in [-0.05, 0) is 58.0 Å². The van der Waals surface area contributed by atoms with Crippen LogP contribution in [0.5, 0.6) is 0 Å². The van der Waals surface area contributed by atoms with Crippen LogP contribution in [0.2, 0.25) is 0 Å². The van der Waals surface area contributed by atoms with Gasteiger partial charge in [0.15, 0.2) is 0 Å². The lowest BCUT2D eigenvalue weighted by Gasteiger charge is -2.23. The van der Waals surface area contributed by atoms with Crippen LogP contribution in [0.1, 0.15) is 45.9 Å². The van der Waals surface area contributed by atoms with Gasteiger partial charge in [0.05, 0.1) is 11.2 Å². The second kappa shape index (κ2) is 7.23. The standard InChI is InChI=1S/C29H29NO/c1-18(2)14-21-17-24-27(30-26-13-9-8-12-23(26)28(24)31-21)20-15-19-10-6-7-11-22(19)25(16-20)29(3,4)5/h6-13,15-18H,14H2,1-5H3. The summed E-state index contributed by atoms with van der Waals surface area (Å²) < 4.78 is 6.40. The first-order valence-electron chi connectivity index (χ1n) is 11.2. The summed E-state index contributed by atoms with van der Waals surface area (Å²) in [5.74, 6) is 1.57. The van der Waals surface area contributed by atoms with E-state index in [4.69, 9.17) is 9.40 Å². The molecule has 5 aromatic rings. The molecule has 0 amide bonds. The van der Waals surface area contributed by atoms with E-state index >= 15 is 0 Å². The summed E-state index contributed by atoms with van der Waals surface area (Å²) in [6, 6.07) is 23.8. The van der Waals surface area contributed by atoms with Gasteiger partial charge in [-0.25, -0.2) is 4.98 Å². The third-order valence-corrected chi connectivity index (χ3v) is 5.97. The molecule has 0 aliphatic heterocycles. The molecule has 0 atom stereocenters. The molecule has 0 spiro atoms. The van der Waals surface area contributed by atoms with E-state index in [9.17, 15) is 0 Å². The van der Waals surface area contributed by atoms with Crippen molar-refractivity contribution in [2.24, 2.45) is 5.92 Å². The molecule has 3 aromatic carbocycles. The van der Waals surface area contributed by atoms with Crippen LogP contribution in [0.4, 0.5) is 0 Å². The van der Waals surface area contributed by atoms with Crippen LogP contribution >= 0.6 is 0 Å². The Morgan fingerprint density at radius 3 is 2.29 bits per heavy atom. The lowest BCUT2D eigenvalue weighted by molar-refractivity contribution is 0.501. The van der Waals surface area contributed by atoms with Crippen molar-refractivity contribution in [1.82, 2.24) is 4.98 Å². The van der Waals surface area contributed by atoms with Crippen LogP contribution in [0.3, 0.4) is 0 Å².